The highest BCUT2D eigenvalue weighted by atomic mass is 19.4. The van der Waals surface area contributed by atoms with Crippen molar-refractivity contribution in [3.63, 3.8) is 0 Å². The first-order valence-electron chi connectivity index (χ1n) is 8.90. The molecule has 2 amide bonds. The summed E-state index contributed by atoms with van der Waals surface area (Å²) < 4.78 is 43.2. The van der Waals surface area contributed by atoms with Gasteiger partial charge in [-0.1, -0.05) is 0 Å². The van der Waals surface area contributed by atoms with E-state index in [-0.39, 0.29) is 24.8 Å². The Kier molecular flexibility index (Phi) is 6.01. The first-order valence-corrected chi connectivity index (χ1v) is 8.90. The highest BCUT2D eigenvalue weighted by Gasteiger charge is 2.36. The summed E-state index contributed by atoms with van der Waals surface area (Å²) in [5, 5.41) is 2.84. The molecule has 27 heavy (non-hydrogen) atoms. The number of nitrogens with zero attached hydrogens (tertiary/aromatic N) is 2. The van der Waals surface area contributed by atoms with Crippen LogP contribution in [0.5, 0.6) is 0 Å². The second-order valence-electron chi connectivity index (χ2n) is 6.70. The molecule has 0 saturated carbocycles. The molecule has 1 unspecified atom stereocenters. The summed E-state index contributed by atoms with van der Waals surface area (Å²) in [7, 11) is 0. The van der Waals surface area contributed by atoms with E-state index < -0.39 is 17.7 Å². The van der Waals surface area contributed by atoms with Gasteiger partial charge in [0.2, 0.25) is 11.8 Å². The van der Waals surface area contributed by atoms with Crippen LogP contribution in [0.2, 0.25) is 0 Å². The highest BCUT2D eigenvalue weighted by Crippen LogP contribution is 2.32. The van der Waals surface area contributed by atoms with Crippen LogP contribution in [0.25, 0.3) is 0 Å². The third kappa shape index (κ3) is 4.98. The fourth-order valence-electron chi connectivity index (χ4n) is 3.27. The van der Waals surface area contributed by atoms with E-state index in [4.69, 9.17) is 4.74 Å². The molecule has 2 fully saturated rings. The molecular weight excluding hydrogens is 363 g/mol. The lowest BCUT2D eigenvalue weighted by Crippen LogP contribution is -2.42. The van der Waals surface area contributed by atoms with Gasteiger partial charge in [0.15, 0.2) is 0 Å². The van der Waals surface area contributed by atoms with Crippen molar-refractivity contribution in [1.82, 2.24) is 10.2 Å². The number of ether oxygens (including phenoxy) is 1. The van der Waals surface area contributed by atoms with Crippen LogP contribution in [0.3, 0.4) is 0 Å². The minimum absolute atomic E-state index is 0.0599. The predicted octanol–water partition coefficient (Wildman–Crippen LogP) is 1.51. The fraction of sp³-hybridized carbons (Fsp3) is 0.556. The maximum Gasteiger partial charge on any atom is 0.416 e. The Morgan fingerprint density at radius 2 is 1.85 bits per heavy atom. The number of hydrogen-bond acceptors (Lipinski definition) is 4. The van der Waals surface area contributed by atoms with E-state index in [0.717, 1.165) is 31.8 Å². The molecule has 9 heteroatoms. The smallest absolute Gasteiger partial charge is 0.379 e. The zero-order valence-electron chi connectivity index (χ0n) is 14.8. The van der Waals surface area contributed by atoms with E-state index in [1.807, 2.05) is 0 Å². The van der Waals surface area contributed by atoms with Crippen LogP contribution in [0.1, 0.15) is 12.0 Å². The number of halogens is 3. The van der Waals surface area contributed by atoms with Crippen LogP contribution in [0.15, 0.2) is 24.3 Å². The molecule has 1 aromatic rings. The summed E-state index contributed by atoms with van der Waals surface area (Å²) in [6, 6.07) is 4.41. The molecule has 0 aromatic heterocycles. The van der Waals surface area contributed by atoms with Crippen LogP contribution in [0, 0.1) is 5.92 Å². The maximum atomic E-state index is 12.7. The molecular formula is C18H22F3N3O3. The van der Waals surface area contributed by atoms with Crippen molar-refractivity contribution >= 4 is 17.5 Å². The molecule has 1 atom stereocenters. The van der Waals surface area contributed by atoms with Gasteiger partial charge in [-0.3, -0.25) is 14.5 Å². The maximum absolute atomic E-state index is 12.7. The number of rotatable bonds is 5. The van der Waals surface area contributed by atoms with Gasteiger partial charge in [-0.2, -0.15) is 13.2 Å². The lowest BCUT2D eigenvalue weighted by Gasteiger charge is -2.26. The molecule has 2 aliphatic rings. The first kappa shape index (κ1) is 19.6. The molecule has 6 nitrogen and oxygen atoms in total. The van der Waals surface area contributed by atoms with Crippen molar-refractivity contribution in [2.75, 3.05) is 50.8 Å². The van der Waals surface area contributed by atoms with Crippen LogP contribution >= 0.6 is 0 Å². The summed E-state index contributed by atoms with van der Waals surface area (Å²) in [6.07, 6.45) is -4.36. The summed E-state index contributed by atoms with van der Waals surface area (Å²) in [6.45, 7) is 4.43. The minimum atomic E-state index is -4.42. The Hall–Kier alpha value is -2.13. The molecule has 0 radical (unpaired) electrons. The van der Waals surface area contributed by atoms with Gasteiger partial charge in [0, 0.05) is 44.8 Å². The van der Waals surface area contributed by atoms with E-state index in [0.29, 0.717) is 25.4 Å². The van der Waals surface area contributed by atoms with Gasteiger partial charge in [0.25, 0.3) is 0 Å². The van der Waals surface area contributed by atoms with Crippen molar-refractivity contribution in [2.45, 2.75) is 12.6 Å². The number of hydrogen-bond donors (Lipinski definition) is 1. The van der Waals surface area contributed by atoms with Gasteiger partial charge >= 0.3 is 6.18 Å². The monoisotopic (exact) mass is 385 g/mol. The SMILES string of the molecule is O=C(NCCN1CCOCC1)C1CC(=O)N(c2ccc(C(F)(F)F)cc2)C1. The van der Waals surface area contributed by atoms with Crippen LogP contribution in [-0.4, -0.2) is 62.7 Å². The number of benzene rings is 1. The van der Waals surface area contributed by atoms with Crippen LogP contribution in [0.4, 0.5) is 18.9 Å². The zero-order valence-corrected chi connectivity index (χ0v) is 14.8. The van der Waals surface area contributed by atoms with Crippen molar-refractivity contribution in [1.29, 1.82) is 0 Å². The van der Waals surface area contributed by atoms with Gasteiger partial charge in [0.1, 0.15) is 0 Å². The van der Waals surface area contributed by atoms with E-state index in [1.54, 1.807) is 0 Å². The first-order chi connectivity index (χ1) is 12.8. The van der Waals surface area contributed by atoms with E-state index in [1.165, 1.54) is 17.0 Å². The lowest BCUT2D eigenvalue weighted by atomic mass is 10.1. The third-order valence-corrected chi connectivity index (χ3v) is 4.83. The molecule has 1 aromatic carbocycles. The Morgan fingerprint density at radius 3 is 2.48 bits per heavy atom. The number of alkyl halides is 3. The Morgan fingerprint density at radius 1 is 1.19 bits per heavy atom. The number of anilines is 1. The summed E-state index contributed by atoms with van der Waals surface area (Å²) >= 11 is 0. The second kappa shape index (κ2) is 8.26. The van der Waals surface area contributed by atoms with Crippen molar-refractivity contribution in [3.8, 4) is 0 Å². The van der Waals surface area contributed by atoms with Gasteiger partial charge in [-0.05, 0) is 24.3 Å². The number of carbonyl (C=O) groups excluding carboxylic acids is 2. The van der Waals surface area contributed by atoms with E-state index >= 15 is 0 Å². The molecule has 148 valence electrons. The van der Waals surface area contributed by atoms with Gasteiger partial charge < -0.3 is 15.0 Å². The quantitative estimate of drug-likeness (QED) is 0.835. The van der Waals surface area contributed by atoms with E-state index in [9.17, 15) is 22.8 Å². The molecule has 3 rings (SSSR count). The molecule has 0 aliphatic carbocycles. The second-order valence-corrected chi connectivity index (χ2v) is 6.70. The number of amides is 2. The largest absolute Gasteiger partial charge is 0.416 e. The number of nitrogens with one attached hydrogen (secondary N) is 1. The van der Waals surface area contributed by atoms with Gasteiger partial charge in [-0.15, -0.1) is 0 Å². The average molecular weight is 385 g/mol. The molecule has 2 aliphatic heterocycles. The third-order valence-electron chi connectivity index (χ3n) is 4.83. The highest BCUT2D eigenvalue weighted by molar-refractivity contribution is 6.00. The lowest BCUT2D eigenvalue weighted by molar-refractivity contribution is -0.137. The van der Waals surface area contributed by atoms with Crippen molar-refractivity contribution in [3.05, 3.63) is 29.8 Å². The van der Waals surface area contributed by atoms with Crippen LogP contribution < -0.4 is 10.2 Å². The summed E-state index contributed by atoms with van der Waals surface area (Å²) in [5.74, 6) is -0.960. The molecule has 2 saturated heterocycles. The van der Waals surface area contributed by atoms with Crippen molar-refractivity contribution in [2.24, 2.45) is 5.92 Å². The van der Waals surface area contributed by atoms with Crippen LogP contribution in [-0.2, 0) is 20.5 Å². The number of morpholine rings is 1. The normalized spacial score (nSPS) is 21.5. The Balaban J connectivity index is 1.51. The Bertz CT molecular complexity index is 673. The molecule has 1 N–H and O–H groups in total. The number of carbonyl (C=O) groups is 2. The fourth-order valence-corrected chi connectivity index (χ4v) is 3.27. The van der Waals surface area contributed by atoms with E-state index in [2.05, 4.69) is 10.2 Å². The standard InChI is InChI=1S/C18H22F3N3O3/c19-18(20,21)14-1-3-15(4-2-14)24-12-13(11-16(24)25)17(26)22-5-6-23-7-9-27-10-8-23/h1-4,13H,5-12H2,(H,22,26). The van der Waals surface area contributed by atoms with Gasteiger partial charge in [-0.25, -0.2) is 0 Å². The van der Waals surface area contributed by atoms with Crippen molar-refractivity contribution < 1.29 is 27.5 Å². The van der Waals surface area contributed by atoms with Gasteiger partial charge in [0.05, 0.1) is 24.7 Å². The summed E-state index contributed by atoms with van der Waals surface area (Å²) in [5.41, 5.74) is -0.396. The predicted molar refractivity (Wildman–Crippen MR) is 92.2 cm³/mol. The average Bonchev–Trinajstić information content (AvgIpc) is 3.04. The topological polar surface area (TPSA) is 61.9 Å². The minimum Gasteiger partial charge on any atom is -0.379 e. The molecule has 0 bridgehead atoms. The molecule has 2 heterocycles. The zero-order chi connectivity index (χ0) is 19.4. The summed E-state index contributed by atoms with van der Waals surface area (Å²) in [4.78, 5) is 28.1. The Labute approximate surface area is 155 Å². The molecule has 0 spiro atoms.